The molecule has 0 aliphatic heterocycles. The zero-order valence-electron chi connectivity index (χ0n) is 18.4. The van der Waals surface area contributed by atoms with Crippen LogP contribution in [0.15, 0.2) is 71.8 Å². The summed E-state index contributed by atoms with van der Waals surface area (Å²) in [6.45, 7) is 6.92. The molecule has 0 saturated carbocycles. The van der Waals surface area contributed by atoms with Crippen LogP contribution >= 0.6 is 0 Å². The van der Waals surface area contributed by atoms with E-state index in [0.29, 0.717) is 17.0 Å². The summed E-state index contributed by atoms with van der Waals surface area (Å²) in [6.07, 6.45) is 2.94. The highest BCUT2D eigenvalue weighted by atomic mass is 32.2. The van der Waals surface area contributed by atoms with Gasteiger partial charge in [0.15, 0.2) is 0 Å². The van der Waals surface area contributed by atoms with E-state index in [-0.39, 0.29) is 23.0 Å². The second kappa shape index (κ2) is 10.6. The van der Waals surface area contributed by atoms with Crippen molar-refractivity contribution in [2.45, 2.75) is 25.3 Å². The fourth-order valence-corrected chi connectivity index (χ4v) is 4.28. The van der Waals surface area contributed by atoms with Crippen molar-refractivity contribution in [3.8, 4) is 5.75 Å². The molecule has 9 heteroatoms. The number of carbonyl (C=O) groups excluding carboxylic acids is 2. The number of amides is 1. The van der Waals surface area contributed by atoms with Crippen LogP contribution in [0.3, 0.4) is 0 Å². The number of aryl methyl sites for hydroxylation is 1. The lowest BCUT2D eigenvalue weighted by Gasteiger charge is -2.26. The number of nitrogens with one attached hydrogen (secondary N) is 1. The molecule has 2 aromatic carbocycles. The standard InChI is InChI=1S/C23H26N2O6S/c1-6-7-22(26)24-21-13-8-16(2)14-18(21)15-25(17(3)23(27)31-5)32(28,29)20-11-9-19(30-4)10-12-20/h6-14H,3,15H2,1-2,4-5H3,(H,24,26)/b7-6+. The van der Waals surface area contributed by atoms with Gasteiger partial charge in [-0.15, -0.1) is 0 Å². The Kier molecular flexibility index (Phi) is 8.20. The van der Waals surface area contributed by atoms with Crippen LogP contribution in [0.5, 0.6) is 5.75 Å². The Balaban J connectivity index is 2.55. The minimum absolute atomic E-state index is 0.0597. The fourth-order valence-electron chi connectivity index (χ4n) is 2.88. The monoisotopic (exact) mass is 458 g/mol. The van der Waals surface area contributed by atoms with Gasteiger partial charge in [0.1, 0.15) is 11.4 Å². The third-order valence-electron chi connectivity index (χ3n) is 4.52. The summed E-state index contributed by atoms with van der Waals surface area (Å²) in [7, 11) is -1.59. The number of rotatable bonds is 9. The third-order valence-corrected chi connectivity index (χ3v) is 6.32. The molecule has 0 saturated heterocycles. The summed E-state index contributed by atoms with van der Waals surface area (Å²) in [5, 5.41) is 2.72. The molecule has 0 fully saturated rings. The van der Waals surface area contributed by atoms with Gasteiger partial charge in [-0.1, -0.05) is 30.4 Å². The van der Waals surface area contributed by atoms with E-state index >= 15 is 0 Å². The lowest BCUT2D eigenvalue weighted by atomic mass is 10.1. The number of hydrogen-bond acceptors (Lipinski definition) is 6. The Morgan fingerprint density at radius 3 is 2.34 bits per heavy atom. The van der Waals surface area contributed by atoms with E-state index in [0.717, 1.165) is 17.0 Å². The molecule has 2 aromatic rings. The van der Waals surface area contributed by atoms with Gasteiger partial charge in [0, 0.05) is 5.69 Å². The summed E-state index contributed by atoms with van der Waals surface area (Å²) < 4.78 is 37.5. The van der Waals surface area contributed by atoms with Crippen molar-refractivity contribution in [1.29, 1.82) is 0 Å². The maximum absolute atomic E-state index is 13.4. The molecule has 0 aliphatic carbocycles. The maximum Gasteiger partial charge on any atom is 0.354 e. The normalized spacial score (nSPS) is 11.1. The minimum Gasteiger partial charge on any atom is -0.497 e. The molecule has 0 bridgehead atoms. The van der Waals surface area contributed by atoms with E-state index < -0.39 is 16.0 Å². The highest BCUT2D eigenvalue weighted by molar-refractivity contribution is 7.89. The molecule has 32 heavy (non-hydrogen) atoms. The van der Waals surface area contributed by atoms with Crippen molar-refractivity contribution in [2.24, 2.45) is 0 Å². The number of methoxy groups -OCH3 is 2. The predicted molar refractivity (Wildman–Crippen MR) is 122 cm³/mol. The Morgan fingerprint density at radius 2 is 1.78 bits per heavy atom. The van der Waals surface area contributed by atoms with Crippen LogP contribution in [-0.4, -0.2) is 38.8 Å². The highest BCUT2D eigenvalue weighted by Gasteiger charge is 2.30. The Hall–Kier alpha value is -3.59. The van der Waals surface area contributed by atoms with E-state index in [1.807, 2.05) is 6.92 Å². The van der Waals surface area contributed by atoms with Crippen molar-refractivity contribution in [3.05, 3.63) is 78.0 Å². The van der Waals surface area contributed by atoms with Gasteiger partial charge in [0.05, 0.1) is 25.7 Å². The number of sulfonamides is 1. The molecule has 1 amide bonds. The predicted octanol–water partition coefficient (Wildman–Crippen LogP) is 3.40. The fraction of sp³-hybridized carbons (Fsp3) is 0.217. The van der Waals surface area contributed by atoms with Gasteiger partial charge in [0.2, 0.25) is 5.91 Å². The van der Waals surface area contributed by atoms with Crippen LogP contribution in [0.2, 0.25) is 0 Å². The van der Waals surface area contributed by atoms with Crippen molar-refractivity contribution in [1.82, 2.24) is 4.31 Å². The molecule has 0 aliphatic rings. The number of hydrogen-bond donors (Lipinski definition) is 1. The quantitative estimate of drug-likeness (QED) is 0.457. The lowest BCUT2D eigenvalue weighted by Crippen LogP contribution is -2.33. The van der Waals surface area contributed by atoms with Crippen LogP contribution in [0.1, 0.15) is 18.1 Å². The second-order valence-corrected chi connectivity index (χ2v) is 8.64. The van der Waals surface area contributed by atoms with Crippen LogP contribution in [0.25, 0.3) is 0 Å². The molecule has 0 aromatic heterocycles. The molecule has 0 unspecified atom stereocenters. The summed E-state index contributed by atoms with van der Waals surface area (Å²) in [5.74, 6) is -0.779. The molecular formula is C23H26N2O6S. The van der Waals surface area contributed by atoms with E-state index in [9.17, 15) is 18.0 Å². The third kappa shape index (κ3) is 5.76. The zero-order chi connectivity index (χ0) is 23.9. The van der Waals surface area contributed by atoms with Crippen molar-refractivity contribution in [2.75, 3.05) is 19.5 Å². The van der Waals surface area contributed by atoms with Crippen molar-refractivity contribution >= 4 is 27.6 Å². The number of anilines is 1. The first kappa shape index (κ1) is 24.7. The molecule has 0 heterocycles. The molecule has 2 rings (SSSR count). The molecule has 0 spiro atoms. The molecular weight excluding hydrogens is 432 g/mol. The first-order valence-corrected chi connectivity index (χ1v) is 11.0. The van der Waals surface area contributed by atoms with Gasteiger partial charge in [-0.05, 0) is 55.8 Å². The van der Waals surface area contributed by atoms with E-state index in [1.165, 1.54) is 37.5 Å². The van der Waals surface area contributed by atoms with Crippen LogP contribution < -0.4 is 10.1 Å². The van der Waals surface area contributed by atoms with Gasteiger partial charge in [-0.2, -0.15) is 0 Å². The molecule has 0 radical (unpaired) electrons. The lowest BCUT2D eigenvalue weighted by molar-refractivity contribution is -0.137. The van der Waals surface area contributed by atoms with Crippen molar-refractivity contribution in [3.63, 3.8) is 0 Å². The van der Waals surface area contributed by atoms with Gasteiger partial charge in [-0.25, -0.2) is 13.2 Å². The van der Waals surface area contributed by atoms with E-state index in [2.05, 4.69) is 11.9 Å². The van der Waals surface area contributed by atoms with Crippen molar-refractivity contribution < 1.29 is 27.5 Å². The number of esters is 1. The Morgan fingerprint density at radius 1 is 1.12 bits per heavy atom. The molecule has 170 valence electrons. The van der Waals surface area contributed by atoms with Gasteiger partial charge in [-0.3, -0.25) is 9.10 Å². The first-order valence-electron chi connectivity index (χ1n) is 9.61. The summed E-state index contributed by atoms with van der Waals surface area (Å²) in [6, 6.07) is 10.9. The topological polar surface area (TPSA) is 102 Å². The Labute approximate surface area is 188 Å². The summed E-state index contributed by atoms with van der Waals surface area (Å²) >= 11 is 0. The summed E-state index contributed by atoms with van der Waals surface area (Å²) in [4.78, 5) is 24.2. The smallest absolute Gasteiger partial charge is 0.354 e. The average molecular weight is 459 g/mol. The molecule has 8 nitrogen and oxygen atoms in total. The zero-order valence-corrected chi connectivity index (χ0v) is 19.2. The van der Waals surface area contributed by atoms with E-state index in [4.69, 9.17) is 9.47 Å². The highest BCUT2D eigenvalue weighted by Crippen LogP contribution is 2.28. The second-order valence-electron chi connectivity index (χ2n) is 6.78. The van der Waals surface area contributed by atoms with Gasteiger partial charge in [0.25, 0.3) is 10.0 Å². The number of ether oxygens (including phenoxy) is 2. The number of carbonyl (C=O) groups is 2. The largest absolute Gasteiger partial charge is 0.497 e. The van der Waals surface area contributed by atoms with Gasteiger partial charge < -0.3 is 14.8 Å². The maximum atomic E-state index is 13.4. The number of nitrogens with zero attached hydrogens (tertiary/aromatic N) is 1. The van der Waals surface area contributed by atoms with Crippen LogP contribution in [-0.2, 0) is 30.9 Å². The minimum atomic E-state index is -4.20. The molecule has 0 atom stereocenters. The SMILES string of the molecule is C=C(C(=O)OC)N(Cc1cc(C)ccc1NC(=O)/C=C/C)S(=O)(=O)c1ccc(OC)cc1. The average Bonchev–Trinajstić information content (AvgIpc) is 2.78. The van der Waals surface area contributed by atoms with Crippen LogP contribution in [0, 0.1) is 6.92 Å². The Bertz CT molecular complexity index is 1140. The number of allylic oxidation sites excluding steroid dienone is 1. The van der Waals surface area contributed by atoms with Gasteiger partial charge >= 0.3 is 5.97 Å². The first-order chi connectivity index (χ1) is 15.1. The van der Waals surface area contributed by atoms with Crippen LogP contribution in [0.4, 0.5) is 5.69 Å². The number of benzene rings is 2. The molecule has 1 N–H and O–H groups in total. The summed E-state index contributed by atoms with van der Waals surface area (Å²) in [5.41, 5.74) is 1.36. The van der Waals surface area contributed by atoms with E-state index in [1.54, 1.807) is 31.2 Å².